The minimum Gasteiger partial charge on any atom is -0.316 e. The van der Waals surface area contributed by atoms with Gasteiger partial charge in [-0.2, -0.15) is 0 Å². The summed E-state index contributed by atoms with van der Waals surface area (Å²) in [4.78, 5) is 12.7. The molecule has 0 spiro atoms. The van der Waals surface area contributed by atoms with E-state index in [0.29, 0.717) is 5.92 Å². The lowest BCUT2D eigenvalue weighted by Gasteiger charge is -2.29. The fraction of sp³-hybridized carbons (Fsp3) is 0.692. The van der Waals surface area contributed by atoms with Gasteiger partial charge < -0.3 is 5.32 Å². The molecule has 1 fully saturated rings. The summed E-state index contributed by atoms with van der Waals surface area (Å²) in [6.45, 7) is 7.27. The van der Waals surface area contributed by atoms with Gasteiger partial charge in [-0.25, -0.2) is 0 Å². The lowest BCUT2D eigenvalue weighted by Crippen LogP contribution is -2.38. The Morgan fingerprint density at radius 1 is 1.63 bits per heavy atom. The molecule has 1 aliphatic rings. The predicted molar refractivity (Wildman–Crippen MR) is 77.5 cm³/mol. The second-order valence-corrected chi connectivity index (χ2v) is 5.98. The van der Waals surface area contributed by atoms with E-state index >= 15 is 0 Å². The molecule has 2 rings (SSSR count). The SMILES string of the molecule is CCN(Cc1csc([N+](=O)[O-])c1)CC1CCCNC1. The number of nitro groups is 1. The zero-order valence-electron chi connectivity index (χ0n) is 11.3. The molecule has 6 heteroatoms. The van der Waals surface area contributed by atoms with E-state index in [4.69, 9.17) is 0 Å². The Morgan fingerprint density at radius 2 is 2.47 bits per heavy atom. The number of hydrogen-bond donors (Lipinski definition) is 1. The number of thiophene rings is 1. The van der Waals surface area contributed by atoms with Crippen molar-refractivity contribution < 1.29 is 4.92 Å². The second-order valence-electron chi connectivity index (χ2n) is 5.09. The van der Waals surface area contributed by atoms with Crippen molar-refractivity contribution in [3.63, 3.8) is 0 Å². The molecule has 1 aliphatic heterocycles. The summed E-state index contributed by atoms with van der Waals surface area (Å²) in [6, 6.07) is 1.70. The maximum Gasteiger partial charge on any atom is 0.324 e. The normalized spacial score (nSPS) is 19.8. The third-order valence-corrected chi connectivity index (χ3v) is 4.52. The van der Waals surface area contributed by atoms with Crippen LogP contribution < -0.4 is 5.32 Å². The third kappa shape index (κ3) is 4.26. The van der Waals surface area contributed by atoms with Crippen LogP contribution in [-0.2, 0) is 6.54 Å². The van der Waals surface area contributed by atoms with Crippen LogP contribution in [0.15, 0.2) is 11.4 Å². The van der Waals surface area contributed by atoms with Crippen LogP contribution in [0.1, 0.15) is 25.3 Å². The van der Waals surface area contributed by atoms with E-state index in [1.54, 1.807) is 6.07 Å². The van der Waals surface area contributed by atoms with Gasteiger partial charge >= 0.3 is 5.00 Å². The lowest BCUT2D eigenvalue weighted by atomic mass is 9.99. The molecule has 19 heavy (non-hydrogen) atoms. The molecule has 1 saturated heterocycles. The number of nitrogens with zero attached hydrogens (tertiary/aromatic N) is 2. The molecule has 1 unspecified atom stereocenters. The number of piperidine rings is 1. The van der Waals surface area contributed by atoms with E-state index in [1.165, 1.54) is 24.2 Å². The highest BCUT2D eigenvalue weighted by Crippen LogP contribution is 2.24. The van der Waals surface area contributed by atoms with Crippen LogP contribution >= 0.6 is 11.3 Å². The van der Waals surface area contributed by atoms with Crippen molar-refractivity contribution in [1.29, 1.82) is 0 Å². The Hall–Kier alpha value is -0.980. The van der Waals surface area contributed by atoms with E-state index in [9.17, 15) is 10.1 Å². The molecule has 1 aromatic heterocycles. The van der Waals surface area contributed by atoms with Gasteiger partial charge in [-0.15, -0.1) is 0 Å². The molecule has 5 nitrogen and oxygen atoms in total. The second kappa shape index (κ2) is 6.98. The molecular formula is C13H21N3O2S. The average molecular weight is 283 g/mol. The van der Waals surface area contributed by atoms with Crippen LogP contribution in [0.5, 0.6) is 0 Å². The quantitative estimate of drug-likeness (QED) is 0.643. The first-order chi connectivity index (χ1) is 9.19. The highest BCUT2D eigenvalue weighted by molar-refractivity contribution is 7.13. The summed E-state index contributed by atoms with van der Waals surface area (Å²) in [5.41, 5.74) is 1.06. The van der Waals surface area contributed by atoms with Gasteiger partial charge in [-0.1, -0.05) is 18.3 Å². The highest BCUT2D eigenvalue weighted by Gasteiger charge is 2.17. The van der Waals surface area contributed by atoms with Gasteiger partial charge in [0, 0.05) is 24.5 Å². The maximum atomic E-state index is 10.7. The Labute approximate surface area is 117 Å². The molecule has 0 aliphatic carbocycles. The zero-order valence-corrected chi connectivity index (χ0v) is 12.1. The van der Waals surface area contributed by atoms with Gasteiger partial charge in [0.05, 0.1) is 4.92 Å². The first-order valence-electron chi connectivity index (χ1n) is 6.84. The van der Waals surface area contributed by atoms with Crippen molar-refractivity contribution in [2.24, 2.45) is 5.92 Å². The summed E-state index contributed by atoms with van der Waals surface area (Å²) < 4.78 is 0. The molecular weight excluding hydrogens is 262 g/mol. The molecule has 106 valence electrons. The molecule has 0 radical (unpaired) electrons. The highest BCUT2D eigenvalue weighted by atomic mass is 32.1. The van der Waals surface area contributed by atoms with Crippen LogP contribution in [-0.4, -0.2) is 36.0 Å². The number of nitrogens with one attached hydrogen (secondary N) is 1. The number of rotatable bonds is 6. The van der Waals surface area contributed by atoms with Crippen molar-refractivity contribution in [3.05, 3.63) is 27.1 Å². The largest absolute Gasteiger partial charge is 0.324 e. The first kappa shape index (κ1) is 14.4. The van der Waals surface area contributed by atoms with Gasteiger partial charge in [-0.05, 0) is 44.0 Å². The van der Waals surface area contributed by atoms with E-state index < -0.39 is 0 Å². The van der Waals surface area contributed by atoms with Crippen molar-refractivity contribution in [3.8, 4) is 0 Å². The van der Waals surface area contributed by atoms with Crippen molar-refractivity contribution in [2.45, 2.75) is 26.3 Å². The fourth-order valence-corrected chi connectivity index (χ4v) is 3.27. The van der Waals surface area contributed by atoms with Gasteiger partial charge in [-0.3, -0.25) is 15.0 Å². The Morgan fingerprint density at radius 3 is 3.05 bits per heavy atom. The average Bonchev–Trinajstić information content (AvgIpc) is 2.88. The number of hydrogen-bond acceptors (Lipinski definition) is 5. The summed E-state index contributed by atoms with van der Waals surface area (Å²) in [6.07, 6.45) is 2.54. The molecule has 1 N–H and O–H groups in total. The summed E-state index contributed by atoms with van der Waals surface area (Å²) in [5.74, 6) is 0.710. The smallest absolute Gasteiger partial charge is 0.316 e. The molecule has 2 heterocycles. The molecule has 0 aromatic carbocycles. The van der Waals surface area contributed by atoms with E-state index in [0.717, 1.165) is 38.3 Å². The molecule has 0 amide bonds. The monoisotopic (exact) mass is 283 g/mol. The topological polar surface area (TPSA) is 58.4 Å². The molecule has 1 aromatic rings. The van der Waals surface area contributed by atoms with Crippen LogP contribution in [0.2, 0.25) is 0 Å². The van der Waals surface area contributed by atoms with E-state index in [2.05, 4.69) is 17.1 Å². The summed E-state index contributed by atoms with van der Waals surface area (Å²) in [5, 5.41) is 16.3. The zero-order chi connectivity index (χ0) is 13.7. The minimum absolute atomic E-state index is 0.241. The van der Waals surface area contributed by atoms with Crippen molar-refractivity contribution in [1.82, 2.24) is 10.2 Å². The predicted octanol–water partition coefficient (Wildman–Crippen LogP) is 2.48. The molecule has 0 saturated carbocycles. The third-order valence-electron chi connectivity index (χ3n) is 3.59. The van der Waals surface area contributed by atoms with Crippen molar-refractivity contribution >= 4 is 16.3 Å². The van der Waals surface area contributed by atoms with Crippen LogP contribution in [0.4, 0.5) is 5.00 Å². The van der Waals surface area contributed by atoms with Gasteiger partial charge in [0.1, 0.15) is 0 Å². The van der Waals surface area contributed by atoms with Crippen LogP contribution in [0, 0.1) is 16.0 Å². The summed E-state index contributed by atoms with van der Waals surface area (Å²) in [7, 11) is 0. The first-order valence-corrected chi connectivity index (χ1v) is 7.72. The Balaban J connectivity index is 1.88. The molecule has 0 bridgehead atoms. The Kier molecular flexibility index (Phi) is 5.30. The van der Waals surface area contributed by atoms with Crippen LogP contribution in [0.25, 0.3) is 0 Å². The van der Waals surface area contributed by atoms with Crippen molar-refractivity contribution in [2.75, 3.05) is 26.2 Å². The van der Waals surface area contributed by atoms with E-state index in [1.807, 2.05) is 5.38 Å². The minimum atomic E-state index is -0.310. The fourth-order valence-electron chi connectivity index (χ4n) is 2.55. The van der Waals surface area contributed by atoms with Gasteiger partial charge in [0.2, 0.25) is 0 Å². The van der Waals surface area contributed by atoms with Gasteiger partial charge in [0.25, 0.3) is 0 Å². The van der Waals surface area contributed by atoms with Crippen LogP contribution in [0.3, 0.4) is 0 Å². The molecule has 1 atom stereocenters. The Bertz CT molecular complexity index is 416. The lowest BCUT2D eigenvalue weighted by molar-refractivity contribution is -0.380. The maximum absolute atomic E-state index is 10.7. The van der Waals surface area contributed by atoms with Gasteiger partial charge in [0.15, 0.2) is 0 Å². The summed E-state index contributed by atoms with van der Waals surface area (Å²) >= 11 is 1.22. The standard InChI is InChI=1S/C13H21N3O2S/c1-2-15(8-11-4-3-5-14-7-11)9-12-6-13(16(17)18)19-10-12/h6,10-11,14H,2-5,7-9H2,1H3. The van der Waals surface area contributed by atoms with E-state index in [-0.39, 0.29) is 9.92 Å².